The van der Waals surface area contributed by atoms with Gasteiger partial charge in [0.1, 0.15) is 6.04 Å². The van der Waals surface area contributed by atoms with Gasteiger partial charge < -0.3 is 14.6 Å². The quantitative estimate of drug-likeness (QED) is 0.461. The number of thioether (sulfide) groups is 1. The number of rotatable bonds is 7. The summed E-state index contributed by atoms with van der Waals surface area (Å²) in [5.74, 6) is 0.808. The van der Waals surface area contributed by atoms with Gasteiger partial charge in [0.15, 0.2) is 5.76 Å². The SMILES string of the molecule is O=C(NCCCSc1ccccc1)[C@H]1Cc2ccccc2CN1C(=O)c1ccco1. The third kappa shape index (κ3) is 4.76. The first-order valence-electron chi connectivity index (χ1n) is 10.1. The van der Waals surface area contributed by atoms with Gasteiger partial charge in [0, 0.05) is 24.4 Å². The molecule has 1 aliphatic rings. The van der Waals surface area contributed by atoms with Crippen molar-refractivity contribution in [2.45, 2.75) is 30.3 Å². The molecule has 5 nitrogen and oxygen atoms in total. The number of nitrogens with zero attached hydrogens (tertiary/aromatic N) is 1. The van der Waals surface area contributed by atoms with Crippen LogP contribution < -0.4 is 5.32 Å². The highest BCUT2D eigenvalue weighted by molar-refractivity contribution is 7.99. The Morgan fingerprint density at radius 2 is 1.77 bits per heavy atom. The van der Waals surface area contributed by atoms with E-state index in [0.717, 1.165) is 23.3 Å². The lowest BCUT2D eigenvalue weighted by molar-refractivity contribution is -0.126. The number of benzene rings is 2. The third-order valence-corrected chi connectivity index (χ3v) is 6.27. The van der Waals surface area contributed by atoms with E-state index in [-0.39, 0.29) is 17.6 Å². The highest BCUT2D eigenvalue weighted by atomic mass is 32.2. The van der Waals surface area contributed by atoms with Gasteiger partial charge in [0.05, 0.1) is 6.26 Å². The summed E-state index contributed by atoms with van der Waals surface area (Å²) in [6.45, 7) is 0.983. The fraction of sp³-hybridized carbons (Fsp3) is 0.250. The number of carbonyl (C=O) groups excluding carboxylic acids is 2. The van der Waals surface area contributed by atoms with Crippen molar-refractivity contribution in [2.75, 3.05) is 12.3 Å². The van der Waals surface area contributed by atoms with Crippen LogP contribution in [0.1, 0.15) is 28.1 Å². The minimum atomic E-state index is -0.542. The van der Waals surface area contributed by atoms with Gasteiger partial charge >= 0.3 is 0 Å². The van der Waals surface area contributed by atoms with Crippen molar-refractivity contribution in [3.05, 3.63) is 89.9 Å². The van der Waals surface area contributed by atoms with Crippen LogP contribution >= 0.6 is 11.8 Å². The summed E-state index contributed by atoms with van der Waals surface area (Å²) in [7, 11) is 0. The maximum atomic E-state index is 13.0. The van der Waals surface area contributed by atoms with Gasteiger partial charge in [-0.05, 0) is 47.6 Å². The largest absolute Gasteiger partial charge is 0.459 e. The molecule has 1 atom stereocenters. The van der Waals surface area contributed by atoms with Crippen molar-refractivity contribution in [1.82, 2.24) is 10.2 Å². The molecule has 30 heavy (non-hydrogen) atoms. The molecule has 0 aliphatic carbocycles. The van der Waals surface area contributed by atoms with Crippen molar-refractivity contribution in [3.63, 3.8) is 0 Å². The van der Waals surface area contributed by atoms with Crippen molar-refractivity contribution in [1.29, 1.82) is 0 Å². The van der Waals surface area contributed by atoms with Crippen molar-refractivity contribution in [3.8, 4) is 0 Å². The zero-order valence-electron chi connectivity index (χ0n) is 16.6. The van der Waals surface area contributed by atoms with E-state index in [2.05, 4.69) is 17.4 Å². The molecule has 0 radical (unpaired) electrons. The number of carbonyl (C=O) groups is 2. The first kappa shape index (κ1) is 20.3. The average Bonchev–Trinajstić information content (AvgIpc) is 3.33. The van der Waals surface area contributed by atoms with Gasteiger partial charge in [0.2, 0.25) is 5.91 Å². The van der Waals surface area contributed by atoms with E-state index in [0.29, 0.717) is 19.5 Å². The molecule has 0 spiro atoms. The lowest BCUT2D eigenvalue weighted by atomic mass is 9.93. The number of hydrogen-bond acceptors (Lipinski definition) is 4. The van der Waals surface area contributed by atoms with Crippen LogP contribution in [0.15, 0.2) is 82.3 Å². The van der Waals surface area contributed by atoms with Crippen LogP contribution in [0.2, 0.25) is 0 Å². The minimum Gasteiger partial charge on any atom is -0.459 e. The number of fused-ring (bicyclic) bond motifs is 1. The number of nitrogens with one attached hydrogen (secondary N) is 1. The van der Waals surface area contributed by atoms with Crippen LogP contribution in [0.5, 0.6) is 0 Å². The van der Waals surface area contributed by atoms with E-state index in [1.54, 1.807) is 28.8 Å². The van der Waals surface area contributed by atoms with Crippen LogP contribution in [-0.4, -0.2) is 35.1 Å². The summed E-state index contributed by atoms with van der Waals surface area (Å²) in [5.41, 5.74) is 2.18. The maximum absolute atomic E-state index is 13.0. The van der Waals surface area contributed by atoms with E-state index in [1.807, 2.05) is 42.5 Å². The Morgan fingerprint density at radius 1 is 1.00 bits per heavy atom. The third-order valence-electron chi connectivity index (χ3n) is 5.18. The Balaban J connectivity index is 1.38. The predicted molar refractivity (Wildman–Crippen MR) is 117 cm³/mol. The lowest BCUT2D eigenvalue weighted by Crippen LogP contribution is -2.52. The second kappa shape index (κ2) is 9.67. The van der Waals surface area contributed by atoms with Gasteiger partial charge in [-0.25, -0.2) is 0 Å². The monoisotopic (exact) mass is 420 g/mol. The molecule has 4 rings (SSSR count). The number of furan rings is 1. The van der Waals surface area contributed by atoms with Crippen molar-refractivity contribution >= 4 is 23.6 Å². The Morgan fingerprint density at radius 3 is 2.53 bits per heavy atom. The molecule has 1 N–H and O–H groups in total. The normalized spacial score (nSPS) is 15.5. The zero-order valence-corrected chi connectivity index (χ0v) is 17.4. The smallest absolute Gasteiger partial charge is 0.290 e. The Hall–Kier alpha value is -2.99. The van der Waals surface area contributed by atoms with E-state index < -0.39 is 6.04 Å². The zero-order chi connectivity index (χ0) is 20.8. The molecule has 1 aliphatic heterocycles. The molecule has 1 aromatic heterocycles. The summed E-state index contributed by atoms with van der Waals surface area (Å²) in [6.07, 6.45) is 2.85. The maximum Gasteiger partial charge on any atom is 0.290 e. The first-order chi connectivity index (χ1) is 14.7. The molecular formula is C24H24N2O3S. The van der Waals surface area contributed by atoms with E-state index in [1.165, 1.54) is 11.2 Å². The Labute approximate surface area is 180 Å². The van der Waals surface area contributed by atoms with E-state index in [4.69, 9.17) is 4.42 Å². The van der Waals surface area contributed by atoms with E-state index >= 15 is 0 Å². The Kier molecular flexibility index (Phi) is 6.54. The fourth-order valence-electron chi connectivity index (χ4n) is 3.62. The van der Waals surface area contributed by atoms with Gasteiger partial charge in [-0.2, -0.15) is 0 Å². The van der Waals surface area contributed by atoms with Gasteiger partial charge in [-0.3, -0.25) is 9.59 Å². The molecule has 154 valence electrons. The van der Waals surface area contributed by atoms with Gasteiger partial charge in [-0.1, -0.05) is 42.5 Å². The van der Waals surface area contributed by atoms with Crippen LogP contribution in [-0.2, 0) is 17.8 Å². The Bertz CT molecular complexity index is 989. The molecular weight excluding hydrogens is 396 g/mol. The molecule has 2 amide bonds. The summed E-state index contributed by atoms with van der Waals surface area (Å²) in [4.78, 5) is 28.8. The second-order valence-corrected chi connectivity index (χ2v) is 8.37. The molecule has 3 aromatic rings. The topological polar surface area (TPSA) is 62.6 Å². The van der Waals surface area contributed by atoms with E-state index in [9.17, 15) is 9.59 Å². The molecule has 0 saturated carbocycles. The van der Waals surface area contributed by atoms with Crippen molar-refractivity contribution in [2.24, 2.45) is 0 Å². The van der Waals surface area contributed by atoms with Crippen LogP contribution in [0.25, 0.3) is 0 Å². The second-order valence-electron chi connectivity index (χ2n) is 7.21. The number of hydrogen-bond donors (Lipinski definition) is 1. The first-order valence-corrected chi connectivity index (χ1v) is 11.1. The molecule has 0 saturated heterocycles. The molecule has 0 bridgehead atoms. The summed E-state index contributed by atoms with van der Waals surface area (Å²) >= 11 is 1.77. The molecule has 2 aromatic carbocycles. The molecule has 0 fully saturated rings. The van der Waals surface area contributed by atoms with Crippen LogP contribution in [0.4, 0.5) is 0 Å². The van der Waals surface area contributed by atoms with Crippen LogP contribution in [0.3, 0.4) is 0 Å². The highest BCUT2D eigenvalue weighted by Gasteiger charge is 2.35. The van der Waals surface area contributed by atoms with Gasteiger partial charge in [0.25, 0.3) is 5.91 Å². The van der Waals surface area contributed by atoms with Crippen LogP contribution in [0, 0.1) is 0 Å². The standard InChI is InChI=1S/C24H24N2O3S/c27-23(25-13-7-15-30-20-10-2-1-3-11-20)21-16-18-8-4-5-9-19(18)17-26(21)24(28)22-12-6-14-29-22/h1-6,8-12,14,21H,7,13,15-17H2,(H,25,27)/t21-/m1/s1. The summed E-state index contributed by atoms with van der Waals surface area (Å²) in [6, 6.07) is 21.0. The fourth-order valence-corrected chi connectivity index (χ4v) is 4.49. The summed E-state index contributed by atoms with van der Waals surface area (Å²) < 4.78 is 5.29. The van der Waals surface area contributed by atoms with Crippen molar-refractivity contribution < 1.29 is 14.0 Å². The predicted octanol–water partition coefficient (Wildman–Crippen LogP) is 4.15. The lowest BCUT2D eigenvalue weighted by Gasteiger charge is -2.35. The van der Waals surface area contributed by atoms with Gasteiger partial charge in [-0.15, -0.1) is 11.8 Å². The molecule has 6 heteroatoms. The molecule has 0 unspecified atom stereocenters. The minimum absolute atomic E-state index is 0.117. The molecule has 2 heterocycles. The number of amides is 2. The average molecular weight is 421 g/mol. The summed E-state index contributed by atoms with van der Waals surface area (Å²) in [5, 5.41) is 3.02. The highest BCUT2D eigenvalue weighted by Crippen LogP contribution is 2.25.